The lowest BCUT2D eigenvalue weighted by molar-refractivity contribution is -0.122. The average molecular weight is 540 g/mol. The highest BCUT2D eigenvalue weighted by molar-refractivity contribution is 8.18. The lowest BCUT2D eigenvalue weighted by Crippen LogP contribution is -2.48. The van der Waals surface area contributed by atoms with E-state index in [1.807, 2.05) is 54.6 Å². The van der Waals surface area contributed by atoms with Crippen LogP contribution in [0.3, 0.4) is 0 Å². The number of benzene rings is 3. The van der Waals surface area contributed by atoms with Gasteiger partial charge >= 0.3 is 0 Å². The minimum atomic E-state index is -0.0213. The van der Waals surface area contributed by atoms with Gasteiger partial charge in [-0.3, -0.25) is 9.69 Å². The number of aryl methyl sites for hydroxylation is 1. The second-order valence-electron chi connectivity index (χ2n) is 11.0. The van der Waals surface area contributed by atoms with Gasteiger partial charge in [-0.15, -0.1) is 0 Å². The van der Waals surface area contributed by atoms with Gasteiger partial charge in [0.15, 0.2) is 5.17 Å². The molecule has 1 atom stereocenters. The molecule has 6 heteroatoms. The molecule has 1 amide bonds. The second-order valence-corrected chi connectivity index (χ2v) is 12.0. The van der Waals surface area contributed by atoms with E-state index >= 15 is 0 Å². The molecule has 39 heavy (non-hydrogen) atoms. The maximum Gasteiger partial charge on any atom is 0.267 e. The fourth-order valence-electron chi connectivity index (χ4n) is 5.80. The summed E-state index contributed by atoms with van der Waals surface area (Å²) >= 11 is 1.45. The van der Waals surface area contributed by atoms with Crippen LogP contribution in [0.2, 0.25) is 0 Å². The van der Waals surface area contributed by atoms with E-state index in [1.54, 1.807) is 12.0 Å². The van der Waals surface area contributed by atoms with E-state index in [2.05, 4.69) is 57.7 Å². The number of amidine groups is 1. The molecule has 0 bridgehead atoms. The van der Waals surface area contributed by atoms with E-state index in [-0.39, 0.29) is 11.4 Å². The molecule has 3 aromatic rings. The summed E-state index contributed by atoms with van der Waals surface area (Å²) in [6.07, 6.45) is 3.16. The number of para-hydroxylation sites is 1. The minimum Gasteiger partial charge on any atom is -0.497 e. The van der Waals surface area contributed by atoms with Crippen LogP contribution in [0.15, 0.2) is 76.6 Å². The van der Waals surface area contributed by atoms with Crippen molar-refractivity contribution in [2.75, 3.05) is 18.6 Å². The van der Waals surface area contributed by atoms with Crippen LogP contribution in [0.25, 0.3) is 6.08 Å². The van der Waals surface area contributed by atoms with Gasteiger partial charge in [-0.1, -0.05) is 37.3 Å². The minimum absolute atomic E-state index is 0.0213. The average Bonchev–Trinajstić information content (AvgIpc) is 3.19. The Morgan fingerprint density at radius 3 is 2.49 bits per heavy atom. The number of hydrogen-bond acceptors (Lipinski definition) is 5. The molecule has 2 heterocycles. The summed E-state index contributed by atoms with van der Waals surface area (Å²) in [7, 11) is 1.65. The quantitative estimate of drug-likeness (QED) is 0.299. The largest absolute Gasteiger partial charge is 0.497 e. The first kappa shape index (κ1) is 27.1. The molecule has 0 aromatic heterocycles. The molecule has 0 radical (unpaired) electrons. The third-order valence-electron chi connectivity index (χ3n) is 7.75. The van der Waals surface area contributed by atoms with Crippen LogP contribution in [0.1, 0.15) is 62.3 Å². The van der Waals surface area contributed by atoms with E-state index < -0.39 is 0 Å². The zero-order chi connectivity index (χ0) is 27.7. The van der Waals surface area contributed by atoms with E-state index in [9.17, 15) is 4.79 Å². The molecule has 1 unspecified atom stereocenters. The number of amides is 1. The summed E-state index contributed by atoms with van der Waals surface area (Å²) in [5.41, 5.74) is 6.92. The van der Waals surface area contributed by atoms with Crippen molar-refractivity contribution in [2.24, 2.45) is 4.99 Å². The van der Waals surface area contributed by atoms with Crippen molar-refractivity contribution in [3.05, 3.63) is 93.9 Å². The summed E-state index contributed by atoms with van der Waals surface area (Å²) in [5.74, 6) is 1.22. The van der Waals surface area contributed by atoms with Crippen LogP contribution in [0.4, 0.5) is 11.4 Å². The summed E-state index contributed by atoms with van der Waals surface area (Å²) in [5, 5.41) is 0.691. The maximum atomic E-state index is 13.8. The van der Waals surface area contributed by atoms with Gasteiger partial charge in [-0.25, -0.2) is 4.99 Å². The highest BCUT2D eigenvalue weighted by atomic mass is 32.2. The Morgan fingerprint density at radius 2 is 1.82 bits per heavy atom. The van der Waals surface area contributed by atoms with E-state index in [0.29, 0.717) is 22.5 Å². The molecule has 2 aliphatic rings. The molecule has 2 aliphatic heterocycles. The van der Waals surface area contributed by atoms with Crippen LogP contribution in [0.5, 0.6) is 5.75 Å². The predicted octanol–water partition coefficient (Wildman–Crippen LogP) is 7.92. The number of carbonyl (C=O) groups excluding carboxylic acids is 1. The van der Waals surface area contributed by atoms with Gasteiger partial charge < -0.3 is 9.64 Å². The van der Waals surface area contributed by atoms with Gasteiger partial charge in [0.25, 0.3) is 5.91 Å². The zero-order valence-corrected chi connectivity index (χ0v) is 24.5. The van der Waals surface area contributed by atoms with Gasteiger partial charge in [0.1, 0.15) is 5.75 Å². The first-order valence-corrected chi connectivity index (χ1v) is 14.4. The van der Waals surface area contributed by atoms with Gasteiger partial charge in [-0.2, -0.15) is 0 Å². The van der Waals surface area contributed by atoms with Crippen molar-refractivity contribution in [1.82, 2.24) is 4.90 Å². The first-order chi connectivity index (χ1) is 18.7. The number of aliphatic imine (C=N–C) groups is 1. The Kier molecular flexibility index (Phi) is 7.59. The number of methoxy groups -OCH3 is 1. The van der Waals surface area contributed by atoms with Crippen molar-refractivity contribution in [2.45, 2.75) is 59.0 Å². The molecular formula is C33H37N3O2S. The van der Waals surface area contributed by atoms with Gasteiger partial charge in [0.2, 0.25) is 0 Å². The third kappa shape index (κ3) is 5.48. The number of rotatable bonds is 6. The number of thioether (sulfide) groups is 1. The van der Waals surface area contributed by atoms with E-state index in [1.165, 1.54) is 28.6 Å². The topological polar surface area (TPSA) is 45.1 Å². The second kappa shape index (κ2) is 10.9. The molecule has 1 saturated heterocycles. The van der Waals surface area contributed by atoms with E-state index in [0.717, 1.165) is 35.5 Å². The fourth-order valence-corrected chi connectivity index (χ4v) is 6.79. The van der Waals surface area contributed by atoms with Crippen molar-refractivity contribution < 1.29 is 9.53 Å². The predicted molar refractivity (Wildman–Crippen MR) is 164 cm³/mol. The van der Waals surface area contributed by atoms with Gasteiger partial charge in [-0.05, 0) is 117 Å². The monoisotopic (exact) mass is 539 g/mol. The number of carbonyl (C=O) groups is 1. The SMILES string of the molecule is CCN1c2cc(C)c(/C=C3/SC(=Nc4ccccc4)N(Cc4ccc(OC)cc4)C3=O)cc2C(C)CC1(C)C. The third-order valence-corrected chi connectivity index (χ3v) is 8.75. The summed E-state index contributed by atoms with van der Waals surface area (Å²) in [4.78, 5) is 23.7. The number of hydrogen-bond donors (Lipinski definition) is 0. The fraction of sp³-hybridized carbons (Fsp3) is 0.333. The highest BCUT2D eigenvalue weighted by Crippen LogP contribution is 2.45. The molecule has 5 rings (SSSR count). The Labute approximate surface area is 236 Å². The number of fused-ring (bicyclic) bond motifs is 1. The van der Waals surface area contributed by atoms with Crippen molar-refractivity contribution in [3.63, 3.8) is 0 Å². The van der Waals surface area contributed by atoms with Gasteiger partial charge in [0.05, 0.1) is 24.2 Å². The summed E-state index contributed by atoms with van der Waals surface area (Å²) < 4.78 is 5.31. The summed E-state index contributed by atoms with van der Waals surface area (Å²) in [6, 6.07) is 22.3. The molecular weight excluding hydrogens is 502 g/mol. The maximum absolute atomic E-state index is 13.8. The number of ether oxygens (including phenoxy) is 1. The van der Waals surface area contributed by atoms with Crippen LogP contribution >= 0.6 is 11.8 Å². The molecule has 0 N–H and O–H groups in total. The molecule has 0 aliphatic carbocycles. The van der Waals surface area contributed by atoms with Crippen LogP contribution in [-0.2, 0) is 11.3 Å². The Hall–Kier alpha value is -3.51. The lowest BCUT2D eigenvalue weighted by atomic mass is 9.79. The Bertz CT molecular complexity index is 1430. The van der Waals surface area contributed by atoms with Crippen LogP contribution < -0.4 is 9.64 Å². The standard InChI is InChI=1S/C33H37N3O2S/c1-7-36-29-17-22(2)25(18-28(29)23(3)20-33(36,4)5)19-30-31(37)35(21-24-13-15-27(38-6)16-14-24)32(39-30)34-26-11-9-8-10-12-26/h8-19,23H,7,20-21H2,1-6H3/b30-19+,34-32?. The molecule has 0 spiro atoms. The molecule has 0 saturated carbocycles. The van der Waals surface area contributed by atoms with Crippen molar-refractivity contribution in [1.29, 1.82) is 0 Å². The van der Waals surface area contributed by atoms with Crippen molar-refractivity contribution in [3.8, 4) is 5.75 Å². The Balaban J connectivity index is 1.52. The molecule has 202 valence electrons. The van der Waals surface area contributed by atoms with Gasteiger partial charge in [0, 0.05) is 17.8 Å². The van der Waals surface area contributed by atoms with Crippen LogP contribution in [-0.4, -0.2) is 35.2 Å². The number of nitrogens with zero attached hydrogens (tertiary/aromatic N) is 3. The molecule has 3 aromatic carbocycles. The smallest absolute Gasteiger partial charge is 0.267 e. The number of anilines is 1. The molecule has 5 nitrogen and oxygen atoms in total. The summed E-state index contributed by atoms with van der Waals surface area (Å²) in [6.45, 7) is 12.8. The van der Waals surface area contributed by atoms with E-state index in [4.69, 9.17) is 9.73 Å². The first-order valence-electron chi connectivity index (χ1n) is 13.6. The van der Waals surface area contributed by atoms with Crippen molar-refractivity contribution >= 4 is 40.3 Å². The Morgan fingerprint density at radius 1 is 1.10 bits per heavy atom. The zero-order valence-electron chi connectivity index (χ0n) is 23.7. The highest BCUT2D eigenvalue weighted by Gasteiger charge is 2.37. The normalized spacial score (nSPS) is 20.6. The lowest BCUT2D eigenvalue weighted by Gasteiger charge is -2.47. The van der Waals surface area contributed by atoms with Crippen LogP contribution in [0, 0.1) is 6.92 Å². The molecule has 1 fully saturated rings.